The summed E-state index contributed by atoms with van der Waals surface area (Å²) in [5.74, 6) is -0.270. The van der Waals surface area contributed by atoms with Crippen molar-refractivity contribution in [2.75, 3.05) is 20.8 Å². The number of benzene rings is 2. The molecule has 0 N–H and O–H groups in total. The maximum absolute atomic E-state index is 12.0. The third kappa shape index (κ3) is 6.25. The minimum Gasteiger partial charge on any atom is -0.505 e. The van der Waals surface area contributed by atoms with Crippen LogP contribution >= 0.6 is 0 Å². The second-order valence-corrected chi connectivity index (χ2v) is 15.1. The van der Waals surface area contributed by atoms with E-state index in [-0.39, 0.29) is 41.0 Å². The third-order valence-corrected chi connectivity index (χ3v) is 12.5. The molecular formula is C31H42O5Si. The van der Waals surface area contributed by atoms with Crippen LogP contribution < -0.4 is 10.4 Å². The molecule has 0 heterocycles. The quantitative estimate of drug-likeness (QED) is 0.188. The molecule has 0 unspecified atom stereocenters. The van der Waals surface area contributed by atoms with Gasteiger partial charge >= 0.3 is 5.97 Å². The van der Waals surface area contributed by atoms with E-state index in [0.717, 1.165) is 0 Å². The van der Waals surface area contributed by atoms with E-state index in [0.29, 0.717) is 13.0 Å². The summed E-state index contributed by atoms with van der Waals surface area (Å²) in [4.78, 5) is 12.0. The van der Waals surface area contributed by atoms with Gasteiger partial charge in [0.2, 0.25) is 0 Å². The molecule has 0 aliphatic heterocycles. The maximum Gasteiger partial charge on any atom is 0.302 e. The van der Waals surface area contributed by atoms with Gasteiger partial charge in [-0.3, -0.25) is 4.79 Å². The lowest BCUT2D eigenvalue weighted by atomic mass is 9.69. The van der Waals surface area contributed by atoms with Crippen LogP contribution in [0.1, 0.15) is 34.1 Å². The van der Waals surface area contributed by atoms with Crippen LogP contribution in [0, 0.1) is 17.8 Å². The fraction of sp³-hybridized carbons (Fsp3) is 0.452. The number of esters is 1. The largest absolute Gasteiger partial charge is 0.505 e. The Morgan fingerprint density at radius 1 is 1.03 bits per heavy atom. The van der Waals surface area contributed by atoms with E-state index < -0.39 is 8.32 Å². The number of carbonyl (C=O) groups excluding carboxylic acids is 1. The number of hydrogen-bond acceptors (Lipinski definition) is 5. The second-order valence-electron chi connectivity index (χ2n) is 10.8. The van der Waals surface area contributed by atoms with Gasteiger partial charge in [-0.15, -0.1) is 6.58 Å². The van der Waals surface area contributed by atoms with E-state index in [4.69, 9.17) is 18.6 Å². The lowest BCUT2D eigenvalue weighted by Gasteiger charge is -2.48. The van der Waals surface area contributed by atoms with Gasteiger partial charge in [0.15, 0.2) is 0 Å². The monoisotopic (exact) mass is 522 g/mol. The van der Waals surface area contributed by atoms with Crippen LogP contribution in [0.5, 0.6) is 0 Å². The molecule has 6 heteroatoms. The second kappa shape index (κ2) is 12.7. The molecule has 0 spiro atoms. The van der Waals surface area contributed by atoms with Crippen LogP contribution in [-0.4, -0.2) is 47.3 Å². The summed E-state index contributed by atoms with van der Waals surface area (Å²) >= 11 is 0. The first-order chi connectivity index (χ1) is 17.7. The minimum atomic E-state index is -2.77. The zero-order valence-corrected chi connectivity index (χ0v) is 24.1. The van der Waals surface area contributed by atoms with Crippen molar-refractivity contribution in [1.29, 1.82) is 0 Å². The molecule has 2 aromatic carbocycles. The predicted molar refractivity (Wildman–Crippen MR) is 151 cm³/mol. The first kappa shape index (κ1) is 28.9. The van der Waals surface area contributed by atoms with Crippen LogP contribution in [0.4, 0.5) is 0 Å². The van der Waals surface area contributed by atoms with Gasteiger partial charge in [0.05, 0.1) is 19.5 Å². The Balaban J connectivity index is 2.12. The lowest BCUT2D eigenvalue weighted by molar-refractivity contribution is -0.167. The molecule has 5 nitrogen and oxygen atoms in total. The molecule has 5 atom stereocenters. The van der Waals surface area contributed by atoms with Crippen LogP contribution in [0.15, 0.2) is 85.7 Å². The summed E-state index contributed by atoms with van der Waals surface area (Å²) in [6.07, 6.45) is 5.66. The average Bonchev–Trinajstić information content (AvgIpc) is 2.88. The molecule has 0 saturated heterocycles. The van der Waals surface area contributed by atoms with Crippen LogP contribution in [0.2, 0.25) is 5.04 Å². The molecule has 200 valence electrons. The molecule has 0 aromatic heterocycles. The highest BCUT2D eigenvalue weighted by atomic mass is 28.4. The van der Waals surface area contributed by atoms with Crippen LogP contribution in [0.3, 0.4) is 0 Å². The molecule has 3 rings (SSSR count). The molecule has 1 aliphatic carbocycles. The Bertz CT molecular complexity index is 991. The topological polar surface area (TPSA) is 54.0 Å². The smallest absolute Gasteiger partial charge is 0.302 e. The standard InChI is InChI=1S/C31H42O5Si/c1-8-24-21-29(36-23(2)32)30(34-7)28(27(24)19-20-33-6)22-35-37(31(3,4)5,25-15-11-9-12-16-25)26-17-13-10-14-18-26/h8-20,24,27-30H,1,21-22H2,2-7H3/b20-19+/t24-,27-,28-,29+,30+/m0/s1. The Labute approximate surface area is 223 Å². The highest BCUT2D eigenvalue weighted by Crippen LogP contribution is 2.42. The Morgan fingerprint density at radius 3 is 2.03 bits per heavy atom. The Morgan fingerprint density at radius 2 is 1.59 bits per heavy atom. The van der Waals surface area contributed by atoms with E-state index >= 15 is 0 Å². The minimum absolute atomic E-state index is 0.0485. The number of carbonyl (C=O) groups is 1. The predicted octanol–water partition coefficient (Wildman–Crippen LogP) is 5.11. The summed E-state index contributed by atoms with van der Waals surface area (Å²) in [5.41, 5.74) is 0. The van der Waals surface area contributed by atoms with Crippen molar-refractivity contribution in [1.82, 2.24) is 0 Å². The van der Waals surface area contributed by atoms with Gasteiger partial charge < -0.3 is 18.6 Å². The van der Waals surface area contributed by atoms with Crippen LogP contribution in [-0.2, 0) is 23.4 Å². The SMILES string of the molecule is C=C[C@H]1C[C@@H](OC(C)=O)[C@H](OC)[C@@H](CO[Si](c2ccccc2)(c2ccccc2)C(C)(C)C)[C@H]1/C=C/OC. The number of ether oxygens (including phenoxy) is 3. The highest BCUT2D eigenvalue weighted by molar-refractivity contribution is 6.99. The Hall–Kier alpha value is -2.67. The van der Waals surface area contributed by atoms with E-state index in [1.165, 1.54) is 17.3 Å². The van der Waals surface area contributed by atoms with Crippen molar-refractivity contribution in [3.8, 4) is 0 Å². The van der Waals surface area contributed by atoms with Gasteiger partial charge in [-0.1, -0.05) is 87.5 Å². The first-order valence-electron chi connectivity index (χ1n) is 13.0. The zero-order valence-electron chi connectivity index (χ0n) is 23.1. The maximum atomic E-state index is 12.0. The highest BCUT2D eigenvalue weighted by Gasteiger charge is 2.52. The molecule has 2 aromatic rings. The van der Waals surface area contributed by atoms with E-state index in [1.807, 2.05) is 18.2 Å². The van der Waals surface area contributed by atoms with Gasteiger partial charge in [0, 0.05) is 26.6 Å². The molecular weight excluding hydrogens is 480 g/mol. The van der Waals surface area contributed by atoms with Gasteiger partial charge in [-0.2, -0.15) is 0 Å². The van der Waals surface area contributed by atoms with Crippen molar-refractivity contribution in [3.63, 3.8) is 0 Å². The van der Waals surface area contributed by atoms with Gasteiger partial charge in [-0.25, -0.2) is 0 Å². The molecule has 0 radical (unpaired) electrons. The van der Waals surface area contributed by atoms with Crippen molar-refractivity contribution in [2.45, 2.75) is 51.4 Å². The lowest BCUT2D eigenvalue weighted by Crippen LogP contribution is -2.67. The number of hydrogen-bond donors (Lipinski definition) is 0. The summed E-state index contributed by atoms with van der Waals surface area (Å²) in [6, 6.07) is 21.2. The van der Waals surface area contributed by atoms with Crippen molar-refractivity contribution in [3.05, 3.63) is 85.7 Å². The van der Waals surface area contributed by atoms with E-state index in [9.17, 15) is 4.79 Å². The molecule has 0 bridgehead atoms. The molecule has 1 saturated carbocycles. The summed E-state index contributed by atoms with van der Waals surface area (Å²) < 4.78 is 24.4. The van der Waals surface area contributed by atoms with E-state index in [2.05, 4.69) is 82.0 Å². The molecule has 0 amide bonds. The van der Waals surface area contributed by atoms with Gasteiger partial charge in [-0.05, 0) is 39.7 Å². The molecule has 1 fully saturated rings. The molecule has 37 heavy (non-hydrogen) atoms. The third-order valence-electron chi connectivity index (χ3n) is 7.52. The number of rotatable bonds is 10. The summed E-state index contributed by atoms with van der Waals surface area (Å²) in [6.45, 7) is 12.8. The molecule has 1 aliphatic rings. The van der Waals surface area contributed by atoms with Crippen LogP contribution in [0.25, 0.3) is 0 Å². The first-order valence-corrected chi connectivity index (χ1v) is 14.9. The normalized spacial score (nSPS) is 24.5. The van der Waals surface area contributed by atoms with E-state index in [1.54, 1.807) is 20.5 Å². The number of allylic oxidation sites excluding steroid dienone is 2. The summed E-state index contributed by atoms with van der Waals surface area (Å²) in [7, 11) is 0.560. The fourth-order valence-corrected chi connectivity index (χ4v) is 10.5. The number of methoxy groups -OCH3 is 2. The zero-order chi connectivity index (χ0) is 27.1. The fourth-order valence-electron chi connectivity index (χ4n) is 5.92. The van der Waals surface area contributed by atoms with Crippen molar-refractivity contribution < 1.29 is 23.4 Å². The summed E-state index contributed by atoms with van der Waals surface area (Å²) in [5, 5.41) is 2.29. The van der Waals surface area contributed by atoms with Gasteiger partial charge in [0.25, 0.3) is 8.32 Å². The van der Waals surface area contributed by atoms with Crippen molar-refractivity contribution in [2.24, 2.45) is 17.8 Å². The van der Waals surface area contributed by atoms with Crippen molar-refractivity contribution >= 4 is 24.7 Å². The average molecular weight is 523 g/mol. The Kier molecular flexibility index (Phi) is 9.93. The van der Waals surface area contributed by atoms with Gasteiger partial charge in [0.1, 0.15) is 6.10 Å².